The molecule has 1 aromatic carbocycles. The largest absolute Gasteiger partial charge is 0.264 e. The number of hydrogen-bond acceptors (Lipinski definition) is 3. The van der Waals surface area contributed by atoms with Gasteiger partial charge in [-0.25, -0.2) is 0 Å². The van der Waals surface area contributed by atoms with Crippen LogP contribution in [0, 0.1) is 0 Å². The van der Waals surface area contributed by atoms with E-state index < -0.39 is 0 Å². The second kappa shape index (κ2) is 9.71. The number of halogens is 1. The van der Waals surface area contributed by atoms with Crippen molar-refractivity contribution in [1.82, 2.24) is 14.0 Å². The Bertz CT molecular complexity index is 285. The summed E-state index contributed by atoms with van der Waals surface area (Å²) in [5, 5.41) is 0. The summed E-state index contributed by atoms with van der Waals surface area (Å²) < 4.78 is 6.69. The van der Waals surface area contributed by atoms with Crippen LogP contribution in [0.3, 0.4) is 0 Å². The molecule has 0 unspecified atom stereocenters. The van der Waals surface area contributed by atoms with Crippen LogP contribution < -0.4 is 0 Å². The third kappa shape index (κ3) is 7.30. The van der Waals surface area contributed by atoms with Crippen LogP contribution in [0.15, 0.2) is 30.3 Å². The molecule has 0 radical (unpaired) electrons. The Hall–Kier alpha value is -0.180. The Balaban J connectivity index is 0.000000327. The maximum Gasteiger partial charge on any atom is 0.118 e. The monoisotopic (exact) mass is 289 g/mol. The molecule has 0 aliphatic carbocycles. The number of benzene rings is 1. The summed E-state index contributed by atoms with van der Waals surface area (Å²) in [5.74, 6) is 0.612. The van der Waals surface area contributed by atoms with Gasteiger partial charge >= 0.3 is 0 Å². The third-order valence-electron chi connectivity index (χ3n) is 2.07. The van der Waals surface area contributed by atoms with Gasteiger partial charge in [0.05, 0.1) is 0 Å². The molecule has 0 aliphatic heterocycles. The summed E-state index contributed by atoms with van der Waals surface area (Å²) in [6, 6.07) is 9.96. The summed E-state index contributed by atoms with van der Waals surface area (Å²) in [6.07, 6.45) is 0. The van der Waals surface area contributed by atoms with Gasteiger partial charge in [-0.1, -0.05) is 30.3 Å². The zero-order chi connectivity index (χ0) is 14.1. The number of rotatable bonds is 4. The topological polar surface area (TPSA) is 9.72 Å². The Morgan fingerprint density at radius 3 is 1.39 bits per heavy atom. The molecule has 0 bridgehead atoms. The summed E-state index contributed by atoms with van der Waals surface area (Å²) in [6.45, 7) is 0. The van der Waals surface area contributed by atoms with Crippen molar-refractivity contribution in [3.63, 3.8) is 0 Å². The van der Waals surface area contributed by atoms with Crippen LogP contribution in [0.4, 0.5) is 0 Å². The zero-order valence-corrected chi connectivity index (χ0v) is 13.9. The van der Waals surface area contributed by atoms with E-state index >= 15 is 0 Å². The standard InChI is InChI=1S/C7H7Cl.C6H18N3P/c8-6-7-4-2-1-3-5-7;1-7(2)10(8(3)4)9(5)6/h1-5H,6H2;1-6H3. The van der Waals surface area contributed by atoms with E-state index in [4.69, 9.17) is 11.6 Å². The molecule has 104 valence electrons. The minimum absolute atomic E-state index is 0.238. The lowest BCUT2D eigenvalue weighted by Crippen LogP contribution is -2.25. The van der Waals surface area contributed by atoms with Crippen molar-refractivity contribution in [2.75, 3.05) is 42.3 Å². The van der Waals surface area contributed by atoms with Gasteiger partial charge in [-0.15, -0.1) is 11.6 Å². The predicted molar refractivity (Wildman–Crippen MR) is 84.0 cm³/mol. The average Bonchev–Trinajstić information content (AvgIpc) is 2.29. The first-order chi connectivity index (χ1) is 8.40. The van der Waals surface area contributed by atoms with Crippen molar-refractivity contribution in [1.29, 1.82) is 0 Å². The van der Waals surface area contributed by atoms with E-state index in [1.807, 2.05) is 30.3 Å². The van der Waals surface area contributed by atoms with Crippen molar-refractivity contribution >= 4 is 20.0 Å². The van der Waals surface area contributed by atoms with Crippen LogP contribution in [0.1, 0.15) is 5.56 Å². The molecule has 0 fully saturated rings. The molecule has 0 saturated carbocycles. The molecule has 1 rings (SSSR count). The smallest absolute Gasteiger partial charge is 0.118 e. The van der Waals surface area contributed by atoms with Crippen molar-refractivity contribution in [3.8, 4) is 0 Å². The van der Waals surface area contributed by atoms with Crippen LogP contribution >= 0.6 is 20.0 Å². The quantitative estimate of drug-likeness (QED) is 0.622. The molecular formula is C13H25ClN3P. The second-order valence-corrected chi connectivity index (χ2v) is 7.63. The van der Waals surface area contributed by atoms with Crippen LogP contribution in [0.25, 0.3) is 0 Å². The zero-order valence-electron chi connectivity index (χ0n) is 12.3. The Morgan fingerprint density at radius 2 is 1.22 bits per heavy atom. The van der Waals surface area contributed by atoms with Crippen molar-refractivity contribution < 1.29 is 0 Å². The van der Waals surface area contributed by atoms with E-state index in [0.29, 0.717) is 5.88 Å². The lowest BCUT2D eigenvalue weighted by atomic mass is 10.2. The molecule has 0 spiro atoms. The van der Waals surface area contributed by atoms with Crippen LogP contribution in [-0.4, -0.2) is 56.3 Å². The van der Waals surface area contributed by atoms with Gasteiger partial charge in [0.15, 0.2) is 0 Å². The van der Waals surface area contributed by atoms with Crippen LogP contribution in [0.2, 0.25) is 0 Å². The highest BCUT2D eigenvalue weighted by molar-refractivity contribution is 7.49. The van der Waals surface area contributed by atoms with E-state index in [2.05, 4.69) is 56.3 Å². The first-order valence-corrected chi connectivity index (χ1v) is 7.55. The number of nitrogens with zero attached hydrogens (tertiary/aromatic N) is 3. The van der Waals surface area contributed by atoms with Crippen molar-refractivity contribution in [2.45, 2.75) is 5.88 Å². The molecule has 0 amide bonds. The van der Waals surface area contributed by atoms with Gasteiger partial charge < -0.3 is 0 Å². The fourth-order valence-corrected chi connectivity index (χ4v) is 3.97. The second-order valence-electron chi connectivity index (χ2n) is 4.43. The molecule has 0 saturated heterocycles. The van der Waals surface area contributed by atoms with E-state index in [1.165, 1.54) is 5.56 Å². The molecule has 0 aromatic heterocycles. The maximum absolute atomic E-state index is 5.53. The van der Waals surface area contributed by atoms with E-state index in [-0.39, 0.29) is 8.37 Å². The van der Waals surface area contributed by atoms with Gasteiger partial charge in [-0.05, 0) is 47.8 Å². The van der Waals surface area contributed by atoms with Gasteiger partial charge in [0, 0.05) is 5.88 Å². The average molecular weight is 290 g/mol. The molecule has 0 N–H and O–H groups in total. The number of alkyl halides is 1. The minimum atomic E-state index is -0.238. The SMILES string of the molecule is CN(C)P(N(C)C)N(C)C.ClCc1ccccc1. The lowest BCUT2D eigenvalue weighted by Gasteiger charge is -2.34. The van der Waals surface area contributed by atoms with Gasteiger partial charge in [-0.2, -0.15) is 0 Å². The predicted octanol–water partition coefficient (Wildman–Crippen LogP) is 3.32. The van der Waals surface area contributed by atoms with E-state index in [0.717, 1.165) is 0 Å². The van der Waals surface area contributed by atoms with Gasteiger partial charge in [0.1, 0.15) is 8.37 Å². The maximum atomic E-state index is 5.53. The molecule has 1 aromatic rings. The Kier molecular flexibility index (Phi) is 9.61. The summed E-state index contributed by atoms with van der Waals surface area (Å²) >= 11 is 5.53. The van der Waals surface area contributed by atoms with Crippen LogP contribution in [0.5, 0.6) is 0 Å². The highest BCUT2D eigenvalue weighted by atomic mass is 35.5. The molecule has 18 heavy (non-hydrogen) atoms. The Labute approximate surface area is 118 Å². The highest BCUT2D eigenvalue weighted by Gasteiger charge is 2.15. The lowest BCUT2D eigenvalue weighted by molar-refractivity contribution is 0.490. The molecule has 0 atom stereocenters. The summed E-state index contributed by atoms with van der Waals surface area (Å²) in [7, 11) is 12.4. The third-order valence-corrected chi connectivity index (χ3v) is 4.53. The van der Waals surface area contributed by atoms with Crippen molar-refractivity contribution in [3.05, 3.63) is 35.9 Å². The highest BCUT2D eigenvalue weighted by Crippen LogP contribution is 2.40. The first kappa shape index (κ1) is 17.8. The van der Waals surface area contributed by atoms with E-state index in [1.54, 1.807) is 0 Å². The summed E-state index contributed by atoms with van der Waals surface area (Å²) in [4.78, 5) is 0. The molecule has 3 nitrogen and oxygen atoms in total. The fourth-order valence-electron chi connectivity index (χ4n) is 1.64. The van der Waals surface area contributed by atoms with Gasteiger partial charge in [0.2, 0.25) is 0 Å². The fraction of sp³-hybridized carbons (Fsp3) is 0.538. The van der Waals surface area contributed by atoms with Gasteiger partial charge in [-0.3, -0.25) is 14.0 Å². The van der Waals surface area contributed by atoms with Crippen LogP contribution in [-0.2, 0) is 5.88 Å². The summed E-state index contributed by atoms with van der Waals surface area (Å²) in [5.41, 5.74) is 1.18. The first-order valence-electron chi connectivity index (χ1n) is 5.81. The molecular weight excluding hydrogens is 265 g/mol. The van der Waals surface area contributed by atoms with Gasteiger partial charge in [0.25, 0.3) is 0 Å². The number of hydrogen-bond donors (Lipinski definition) is 0. The Morgan fingerprint density at radius 1 is 0.833 bits per heavy atom. The molecule has 5 heteroatoms. The van der Waals surface area contributed by atoms with E-state index in [9.17, 15) is 0 Å². The normalized spacial score (nSPS) is 11.1. The molecule has 0 heterocycles. The minimum Gasteiger partial charge on any atom is -0.264 e. The molecule has 0 aliphatic rings. The van der Waals surface area contributed by atoms with Crippen molar-refractivity contribution in [2.24, 2.45) is 0 Å².